The first-order chi connectivity index (χ1) is 8.78. The summed E-state index contributed by atoms with van der Waals surface area (Å²) in [6.45, 7) is 0. The van der Waals surface area contributed by atoms with Crippen molar-refractivity contribution in [1.82, 2.24) is 5.32 Å². The van der Waals surface area contributed by atoms with Crippen molar-refractivity contribution in [1.29, 1.82) is 0 Å². The predicted molar refractivity (Wildman–Crippen MR) is 73.8 cm³/mol. The Hall–Kier alpha value is -1.42. The summed E-state index contributed by atoms with van der Waals surface area (Å²) in [6.07, 6.45) is 9.66. The molecule has 1 aromatic rings. The third-order valence-corrected chi connectivity index (χ3v) is 4.01. The molecule has 2 rings (SSSR count). The normalized spacial score (nSPS) is 20.7. The Morgan fingerprint density at radius 1 is 1.33 bits per heavy atom. The molecular formula is C14H17NO2S. The molecule has 1 aromatic heterocycles. The monoisotopic (exact) mass is 263 g/mol. The maximum absolute atomic E-state index is 11.4. The lowest BCUT2D eigenvalue weighted by Crippen LogP contribution is -2.32. The smallest absolute Gasteiger partial charge is 0.220 e. The Morgan fingerprint density at radius 3 is 2.94 bits per heavy atom. The van der Waals surface area contributed by atoms with E-state index in [2.05, 4.69) is 11.4 Å². The van der Waals surface area contributed by atoms with Crippen molar-refractivity contribution < 1.29 is 9.59 Å². The third-order valence-electron chi connectivity index (χ3n) is 3.04. The molecule has 0 radical (unpaired) electrons. The summed E-state index contributed by atoms with van der Waals surface area (Å²) in [6, 6.07) is 4.03. The number of hydrogen-bond acceptors (Lipinski definition) is 3. The highest BCUT2D eigenvalue weighted by atomic mass is 32.1. The molecule has 2 heterocycles. The summed E-state index contributed by atoms with van der Waals surface area (Å²) in [7, 11) is 0. The molecular weight excluding hydrogens is 246 g/mol. The Bertz CT molecular complexity index is 450. The molecule has 4 heteroatoms. The predicted octanol–water partition coefficient (Wildman–Crippen LogP) is 3.02. The van der Waals surface area contributed by atoms with Gasteiger partial charge in [0.15, 0.2) is 6.29 Å². The lowest BCUT2D eigenvalue weighted by molar-refractivity contribution is -0.121. The molecule has 1 N–H and O–H groups in total. The fourth-order valence-electron chi connectivity index (χ4n) is 2.09. The average molecular weight is 263 g/mol. The molecule has 0 bridgehead atoms. The Labute approximate surface area is 111 Å². The van der Waals surface area contributed by atoms with E-state index in [0.29, 0.717) is 6.42 Å². The fourth-order valence-corrected chi connectivity index (χ4v) is 2.85. The van der Waals surface area contributed by atoms with Crippen LogP contribution >= 0.6 is 11.3 Å². The quantitative estimate of drug-likeness (QED) is 0.849. The number of hydrogen-bond donors (Lipinski definition) is 1. The van der Waals surface area contributed by atoms with E-state index < -0.39 is 0 Å². The maximum atomic E-state index is 11.4. The number of carbonyl (C=O) groups excluding carboxylic acids is 2. The molecule has 1 unspecified atom stereocenters. The van der Waals surface area contributed by atoms with Gasteiger partial charge in [-0.05, 0) is 37.5 Å². The van der Waals surface area contributed by atoms with Gasteiger partial charge < -0.3 is 5.32 Å². The average Bonchev–Trinajstić information content (AvgIpc) is 2.72. The van der Waals surface area contributed by atoms with E-state index in [1.54, 1.807) is 0 Å². The van der Waals surface area contributed by atoms with Crippen LogP contribution in [0.25, 0.3) is 6.08 Å². The van der Waals surface area contributed by atoms with Gasteiger partial charge in [-0.25, -0.2) is 0 Å². The van der Waals surface area contributed by atoms with E-state index in [-0.39, 0.29) is 11.9 Å². The van der Waals surface area contributed by atoms with Crippen LogP contribution in [-0.4, -0.2) is 18.2 Å². The minimum absolute atomic E-state index is 0.172. The molecule has 0 aliphatic carbocycles. The highest BCUT2D eigenvalue weighted by Crippen LogP contribution is 2.17. The van der Waals surface area contributed by atoms with Gasteiger partial charge in [-0.2, -0.15) is 0 Å². The minimum atomic E-state index is 0.172. The van der Waals surface area contributed by atoms with Gasteiger partial charge in [-0.3, -0.25) is 9.59 Å². The second-order valence-corrected chi connectivity index (χ2v) is 5.65. The van der Waals surface area contributed by atoms with Crippen LogP contribution in [-0.2, 0) is 4.79 Å². The zero-order valence-corrected chi connectivity index (χ0v) is 11.0. The first kappa shape index (κ1) is 13.0. The SMILES string of the molecule is O=Cc1ccc(C=CCC2CCCCC(=O)N2)s1. The van der Waals surface area contributed by atoms with Crippen molar-refractivity contribution >= 4 is 29.6 Å². The topological polar surface area (TPSA) is 46.2 Å². The fraction of sp³-hybridized carbons (Fsp3) is 0.429. The summed E-state index contributed by atoms with van der Waals surface area (Å²) in [4.78, 5) is 23.8. The summed E-state index contributed by atoms with van der Waals surface area (Å²) >= 11 is 1.48. The first-order valence-corrected chi connectivity index (χ1v) is 7.10. The number of amides is 1. The lowest BCUT2D eigenvalue weighted by atomic mass is 10.1. The Morgan fingerprint density at radius 2 is 2.17 bits per heavy atom. The summed E-state index contributed by atoms with van der Waals surface area (Å²) < 4.78 is 0. The molecule has 1 aliphatic rings. The van der Waals surface area contributed by atoms with Crippen molar-refractivity contribution in [3.63, 3.8) is 0 Å². The first-order valence-electron chi connectivity index (χ1n) is 6.29. The molecule has 0 spiro atoms. The van der Waals surface area contributed by atoms with Crippen LogP contribution in [0.5, 0.6) is 0 Å². The van der Waals surface area contributed by atoms with Crippen LogP contribution in [0.1, 0.15) is 46.7 Å². The second-order valence-electron chi connectivity index (χ2n) is 4.51. The van der Waals surface area contributed by atoms with Crippen LogP contribution in [0.3, 0.4) is 0 Å². The summed E-state index contributed by atoms with van der Waals surface area (Å²) in [5.74, 6) is 0.172. The van der Waals surface area contributed by atoms with Crippen molar-refractivity contribution in [3.8, 4) is 0 Å². The van der Waals surface area contributed by atoms with Gasteiger partial charge in [0.1, 0.15) is 0 Å². The van der Waals surface area contributed by atoms with Crippen molar-refractivity contribution in [3.05, 3.63) is 28.0 Å². The Balaban J connectivity index is 1.86. The number of carbonyl (C=O) groups is 2. The van der Waals surface area contributed by atoms with Crippen LogP contribution < -0.4 is 5.32 Å². The van der Waals surface area contributed by atoms with Crippen molar-refractivity contribution in [2.75, 3.05) is 0 Å². The van der Waals surface area contributed by atoms with Gasteiger partial charge in [0.2, 0.25) is 5.91 Å². The van der Waals surface area contributed by atoms with Gasteiger partial charge in [0.05, 0.1) is 4.88 Å². The molecule has 1 saturated heterocycles. The highest BCUT2D eigenvalue weighted by Gasteiger charge is 2.14. The van der Waals surface area contributed by atoms with Crippen molar-refractivity contribution in [2.24, 2.45) is 0 Å². The molecule has 3 nitrogen and oxygen atoms in total. The molecule has 1 fully saturated rings. The third kappa shape index (κ3) is 3.81. The highest BCUT2D eigenvalue weighted by molar-refractivity contribution is 7.14. The van der Waals surface area contributed by atoms with E-state index in [1.807, 2.05) is 18.2 Å². The summed E-state index contributed by atoms with van der Waals surface area (Å²) in [5, 5.41) is 3.04. The van der Waals surface area contributed by atoms with E-state index in [4.69, 9.17) is 0 Å². The van der Waals surface area contributed by atoms with E-state index in [9.17, 15) is 9.59 Å². The zero-order valence-electron chi connectivity index (χ0n) is 10.2. The minimum Gasteiger partial charge on any atom is -0.353 e. The Kier molecular flexibility index (Phi) is 4.70. The lowest BCUT2D eigenvalue weighted by Gasteiger charge is -2.12. The van der Waals surface area contributed by atoms with Crippen LogP contribution in [0, 0.1) is 0 Å². The van der Waals surface area contributed by atoms with Gasteiger partial charge in [-0.1, -0.05) is 12.5 Å². The van der Waals surface area contributed by atoms with E-state index >= 15 is 0 Å². The standard InChI is InChI=1S/C14H17NO2S/c16-10-13-9-8-12(18-13)6-3-5-11-4-1-2-7-14(17)15-11/h3,6,8-11H,1-2,4-5,7H2,(H,15,17). The van der Waals surface area contributed by atoms with Crippen molar-refractivity contribution in [2.45, 2.75) is 38.1 Å². The molecule has 1 amide bonds. The van der Waals surface area contributed by atoms with Crippen LogP contribution in [0.2, 0.25) is 0 Å². The molecule has 96 valence electrons. The van der Waals surface area contributed by atoms with Gasteiger partial charge in [0.25, 0.3) is 0 Å². The van der Waals surface area contributed by atoms with Gasteiger partial charge in [0, 0.05) is 17.3 Å². The van der Waals surface area contributed by atoms with Crippen LogP contribution in [0.4, 0.5) is 0 Å². The van der Waals surface area contributed by atoms with E-state index in [0.717, 1.165) is 41.7 Å². The molecule has 1 aliphatic heterocycles. The molecule has 0 aromatic carbocycles. The number of aldehydes is 1. The molecule has 18 heavy (non-hydrogen) atoms. The number of thiophene rings is 1. The maximum Gasteiger partial charge on any atom is 0.220 e. The largest absolute Gasteiger partial charge is 0.353 e. The second kappa shape index (κ2) is 6.50. The van der Waals surface area contributed by atoms with Crippen LogP contribution in [0.15, 0.2) is 18.2 Å². The van der Waals surface area contributed by atoms with E-state index in [1.165, 1.54) is 11.3 Å². The number of nitrogens with one attached hydrogen (secondary N) is 1. The number of rotatable bonds is 4. The zero-order chi connectivity index (χ0) is 12.8. The molecule has 0 saturated carbocycles. The van der Waals surface area contributed by atoms with Gasteiger partial charge >= 0.3 is 0 Å². The summed E-state index contributed by atoms with van der Waals surface area (Å²) in [5.41, 5.74) is 0. The van der Waals surface area contributed by atoms with Gasteiger partial charge in [-0.15, -0.1) is 11.3 Å². The molecule has 1 atom stereocenters.